The Balaban J connectivity index is 2.18. The SMILES string of the molecule is CC(N)C(=O)N1CSCC(CSC(=O)c2ccco2)=C1C(=O)O. The van der Waals surface area contributed by atoms with Crippen LogP contribution in [0.1, 0.15) is 17.5 Å². The predicted octanol–water partition coefficient (Wildman–Crippen LogP) is 1.37. The van der Waals surface area contributed by atoms with Crippen molar-refractivity contribution in [3.8, 4) is 0 Å². The average molecular weight is 356 g/mol. The summed E-state index contributed by atoms with van der Waals surface area (Å²) in [6, 6.07) is 2.36. The first-order valence-corrected chi connectivity index (χ1v) is 8.86. The van der Waals surface area contributed by atoms with Crippen molar-refractivity contribution < 1.29 is 23.9 Å². The van der Waals surface area contributed by atoms with Crippen molar-refractivity contribution in [2.24, 2.45) is 5.73 Å². The number of carbonyl (C=O) groups excluding carboxylic acids is 2. The Morgan fingerprint density at radius 2 is 2.26 bits per heavy atom. The summed E-state index contributed by atoms with van der Waals surface area (Å²) in [6.07, 6.45) is 1.40. The minimum Gasteiger partial charge on any atom is -0.477 e. The highest BCUT2D eigenvalue weighted by Gasteiger charge is 2.31. The number of nitrogens with zero attached hydrogens (tertiary/aromatic N) is 1. The van der Waals surface area contributed by atoms with E-state index in [1.165, 1.54) is 29.8 Å². The normalized spacial score (nSPS) is 16.3. The van der Waals surface area contributed by atoms with Gasteiger partial charge in [-0.25, -0.2) is 4.79 Å². The number of rotatable bonds is 5. The van der Waals surface area contributed by atoms with E-state index in [0.717, 1.165) is 11.8 Å². The second-order valence-corrected chi connectivity index (χ2v) is 6.75. The maximum atomic E-state index is 12.1. The molecule has 3 N–H and O–H groups in total. The van der Waals surface area contributed by atoms with Crippen molar-refractivity contribution in [2.75, 3.05) is 17.4 Å². The van der Waals surface area contributed by atoms with Crippen LogP contribution in [0.25, 0.3) is 0 Å². The van der Waals surface area contributed by atoms with Gasteiger partial charge in [0.25, 0.3) is 5.12 Å². The molecule has 2 rings (SSSR count). The third-order valence-electron chi connectivity index (χ3n) is 3.06. The number of amides is 1. The maximum absolute atomic E-state index is 12.1. The number of thioether (sulfide) groups is 2. The molecule has 9 heteroatoms. The number of carboxylic acid groups (broad SMARTS) is 1. The number of nitrogens with two attached hydrogens (primary N) is 1. The van der Waals surface area contributed by atoms with Gasteiger partial charge < -0.3 is 15.3 Å². The van der Waals surface area contributed by atoms with E-state index in [9.17, 15) is 19.5 Å². The Morgan fingerprint density at radius 3 is 2.83 bits per heavy atom. The van der Waals surface area contributed by atoms with E-state index in [1.54, 1.807) is 12.1 Å². The lowest BCUT2D eigenvalue weighted by Gasteiger charge is -2.30. The number of hydrogen-bond donors (Lipinski definition) is 2. The van der Waals surface area contributed by atoms with E-state index < -0.39 is 17.9 Å². The monoisotopic (exact) mass is 356 g/mol. The number of furan rings is 1. The van der Waals surface area contributed by atoms with Crippen molar-refractivity contribution in [2.45, 2.75) is 13.0 Å². The van der Waals surface area contributed by atoms with Crippen LogP contribution < -0.4 is 5.73 Å². The van der Waals surface area contributed by atoms with Gasteiger partial charge in [0.2, 0.25) is 5.91 Å². The fourth-order valence-electron chi connectivity index (χ4n) is 2.00. The van der Waals surface area contributed by atoms with Gasteiger partial charge in [-0.2, -0.15) is 0 Å². The molecule has 0 spiro atoms. The zero-order valence-electron chi connectivity index (χ0n) is 12.4. The first-order chi connectivity index (χ1) is 10.9. The number of aliphatic carboxylic acids is 1. The first kappa shape index (κ1) is 17.6. The zero-order chi connectivity index (χ0) is 17.0. The lowest BCUT2D eigenvalue weighted by atomic mass is 10.2. The molecule has 1 aromatic rings. The van der Waals surface area contributed by atoms with E-state index in [-0.39, 0.29) is 28.2 Å². The highest BCUT2D eigenvalue weighted by Crippen LogP contribution is 2.28. The second kappa shape index (κ2) is 7.71. The molecule has 1 amide bonds. The van der Waals surface area contributed by atoms with E-state index in [1.807, 2.05) is 0 Å². The minimum absolute atomic E-state index is 0.0780. The Hall–Kier alpha value is -1.71. The first-order valence-electron chi connectivity index (χ1n) is 6.72. The molecule has 0 saturated heterocycles. The highest BCUT2D eigenvalue weighted by atomic mass is 32.2. The summed E-state index contributed by atoms with van der Waals surface area (Å²) in [5.74, 6) is -0.573. The van der Waals surface area contributed by atoms with Crippen LogP contribution in [0, 0.1) is 0 Å². The van der Waals surface area contributed by atoms with Crippen LogP contribution in [0.5, 0.6) is 0 Å². The van der Waals surface area contributed by atoms with Crippen LogP contribution >= 0.6 is 23.5 Å². The summed E-state index contributed by atoms with van der Waals surface area (Å²) in [5.41, 5.74) is 6.02. The molecule has 0 radical (unpaired) electrons. The molecule has 1 aromatic heterocycles. The molecular weight excluding hydrogens is 340 g/mol. The minimum atomic E-state index is -1.19. The van der Waals surface area contributed by atoms with Gasteiger partial charge >= 0.3 is 5.97 Å². The smallest absolute Gasteiger partial charge is 0.352 e. The van der Waals surface area contributed by atoms with Gasteiger partial charge in [-0.3, -0.25) is 14.5 Å². The Kier molecular flexibility index (Phi) is 5.91. The standard InChI is InChI=1S/C14H16N2O5S2/c1-8(15)12(17)16-7-22-5-9(11(16)13(18)19)6-23-14(20)10-3-2-4-21-10/h2-4,8H,5-7,15H2,1H3,(H,18,19). The molecule has 124 valence electrons. The molecule has 0 saturated carbocycles. The van der Waals surface area contributed by atoms with Crippen molar-refractivity contribution in [3.63, 3.8) is 0 Å². The Morgan fingerprint density at radius 1 is 1.52 bits per heavy atom. The predicted molar refractivity (Wildman–Crippen MR) is 88.0 cm³/mol. The Bertz CT molecular complexity index is 640. The van der Waals surface area contributed by atoms with Crippen molar-refractivity contribution in [1.29, 1.82) is 0 Å². The summed E-state index contributed by atoms with van der Waals surface area (Å²) in [7, 11) is 0. The van der Waals surface area contributed by atoms with Crippen molar-refractivity contribution >= 4 is 40.5 Å². The van der Waals surface area contributed by atoms with Crippen LogP contribution in [-0.2, 0) is 9.59 Å². The molecule has 1 atom stereocenters. The quantitative estimate of drug-likeness (QED) is 0.813. The molecule has 1 aliphatic heterocycles. The van der Waals surface area contributed by atoms with E-state index in [4.69, 9.17) is 10.2 Å². The lowest BCUT2D eigenvalue weighted by Crippen LogP contribution is -2.45. The third-order valence-corrected chi connectivity index (χ3v) is 5.01. The molecular formula is C14H16N2O5S2. The third kappa shape index (κ3) is 4.18. The van der Waals surface area contributed by atoms with Gasteiger partial charge in [0.1, 0.15) is 5.70 Å². The van der Waals surface area contributed by atoms with E-state index >= 15 is 0 Å². The molecule has 0 bridgehead atoms. The van der Waals surface area contributed by atoms with E-state index in [2.05, 4.69) is 0 Å². The molecule has 23 heavy (non-hydrogen) atoms. The van der Waals surface area contributed by atoms with Crippen LogP contribution in [0.3, 0.4) is 0 Å². The summed E-state index contributed by atoms with van der Waals surface area (Å²) in [5, 5.41) is 9.16. The number of carbonyl (C=O) groups is 3. The summed E-state index contributed by atoms with van der Waals surface area (Å²) in [6.45, 7) is 1.51. The fourth-order valence-corrected chi connectivity index (χ4v) is 3.95. The van der Waals surface area contributed by atoms with Gasteiger partial charge in [-0.1, -0.05) is 11.8 Å². The van der Waals surface area contributed by atoms with Crippen LogP contribution in [0.4, 0.5) is 0 Å². The summed E-state index contributed by atoms with van der Waals surface area (Å²) in [4.78, 5) is 36.8. The average Bonchev–Trinajstić information content (AvgIpc) is 3.05. The summed E-state index contributed by atoms with van der Waals surface area (Å²) < 4.78 is 5.01. The molecule has 7 nitrogen and oxygen atoms in total. The van der Waals surface area contributed by atoms with Crippen LogP contribution in [-0.4, -0.2) is 50.4 Å². The van der Waals surface area contributed by atoms with Crippen molar-refractivity contribution in [3.05, 3.63) is 35.4 Å². The van der Waals surface area contributed by atoms with Crippen LogP contribution in [0.15, 0.2) is 34.1 Å². The van der Waals surface area contributed by atoms with Gasteiger partial charge in [-0.15, -0.1) is 11.8 Å². The zero-order valence-corrected chi connectivity index (χ0v) is 14.0. The lowest BCUT2D eigenvalue weighted by molar-refractivity contribution is -0.139. The maximum Gasteiger partial charge on any atom is 0.352 e. The molecule has 0 aromatic carbocycles. The van der Waals surface area contributed by atoms with E-state index in [0.29, 0.717) is 11.3 Å². The van der Waals surface area contributed by atoms with Gasteiger partial charge in [0, 0.05) is 11.5 Å². The molecule has 0 fully saturated rings. The summed E-state index contributed by atoms with van der Waals surface area (Å²) >= 11 is 2.35. The fraction of sp³-hybridized carbons (Fsp3) is 0.357. The molecule has 1 unspecified atom stereocenters. The van der Waals surface area contributed by atoms with Crippen LogP contribution in [0.2, 0.25) is 0 Å². The highest BCUT2D eigenvalue weighted by molar-refractivity contribution is 8.14. The number of hydrogen-bond acceptors (Lipinski definition) is 7. The Labute approximate surface area is 141 Å². The second-order valence-electron chi connectivity index (χ2n) is 4.84. The number of carboxylic acids is 1. The van der Waals surface area contributed by atoms with Gasteiger partial charge in [0.05, 0.1) is 18.2 Å². The van der Waals surface area contributed by atoms with Crippen molar-refractivity contribution in [1.82, 2.24) is 4.90 Å². The molecule has 0 aliphatic carbocycles. The molecule has 2 heterocycles. The topological polar surface area (TPSA) is 114 Å². The van der Waals surface area contributed by atoms with Gasteiger partial charge in [0.15, 0.2) is 5.76 Å². The largest absolute Gasteiger partial charge is 0.477 e. The molecule has 1 aliphatic rings. The van der Waals surface area contributed by atoms with Gasteiger partial charge in [-0.05, 0) is 24.6 Å².